The Bertz CT molecular complexity index is 1220. The van der Waals surface area contributed by atoms with Gasteiger partial charge < -0.3 is 30.3 Å². The van der Waals surface area contributed by atoms with Gasteiger partial charge in [0.15, 0.2) is 5.76 Å². The maximum Gasteiger partial charge on any atom is 0.471 e. The van der Waals surface area contributed by atoms with Crippen molar-refractivity contribution in [2.45, 2.75) is 12.6 Å². The summed E-state index contributed by atoms with van der Waals surface area (Å²) >= 11 is 0. The van der Waals surface area contributed by atoms with Gasteiger partial charge in [-0.1, -0.05) is 29.4 Å². The lowest BCUT2D eigenvalue weighted by molar-refractivity contribution is 0.110. The van der Waals surface area contributed by atoms with Gasteiger partial charge in [0.2, 0.25) is 0 Å². The maximum absolute atomic E-state index is 13.8. The van der Waals surface area contributed by atoms with Crippen molar-refractivity contribution in [2.75, 3.05) is 12.0 Å². The molecule has 0 radical (unpaired) electrons. The number of phosphoric acid groups is 1. The lowest BCUT2D eigenvalue weighted by Crippen LogP contribution is -2.41. The van der Waals surface area contributed by atoms with E-state index in [1.165, 1.54) is 11.0 Å². The highest BCUT2D eigenvalue weighted by atomic mass is 31.2. The standard InChI is InChI=1S/C21H21FN5O5P/c22-17-5-1-2-6-18(17)25-20-8-7-14(12-24-20)10-15-11-19(32-26-15)16-4-3-9-27(21(16)23)13-31-33(28,29)30/h1-9,11-12,21H,10,13,23H2,(H,24,25)(H2,28,29,30). The first kappa shape index (κ1) is 22.8. The first-order chi connectivity index (χ1) is 15.8. The Kier molecular flexibility index (Phi) is 6.68. The van der Waals surface area contributed by atoms with E-state index in [1.54, 1.807) is 54.9 Å². The second-order valence-corrected chi connectivity index (χ2v) is 8.43. The van der Waals surface area contributed by atoms with E-state index in [4.69, 9.17) is 20.0 Å². The van der Waals surface area contributed by atoms with Crippen molar-refractivity contribution in [1.82, 2.24) is 15.0 Å². The molecule has 10 nitrogen and oxygen atoms in total. The zero-order chi connectivity index (χ0) is 23.4. The Labute approximate surface area is 188 Å². The molecule has 3 aromatic rings. The van der Waals surface area contributed by atoms with Crippen LogP contribution in [0.25, 0.3) is 5.57 Å². The Morgan fingerprint density at radius 3 is 2.82 bits per heavy atom. The number of pyridine rings is 1. The van der Waals surface area contributed by atoms with Gasteiger partial charge in [-0.3, -0.25) is 4.52 Å². The number of nitrogens with zero attached hydrogens (tertiary/aromatic N) is 3. The molecule has 0 bridgehead atoms. The molecular formula is C21H21FN5O5P. The van der Waals surface area contributed by atoms with Crippen molar-refractivity contribution in [1.29, 1.82) is 0 Å². The van der Waals surface area contributed by atoms with Crippen LogP contribution in [0.5, 0.6) is 0 Å². The first-order valence-electron chi connectivity index (χ1n) is 9.81. The number of anilines is 2. The first-order valence-corrected chi connectivity index (χ1v) is 11.3. The van der Waals surface area contributed by atoms with Gasteiger partial charge >= 0.3 is 7.82 Å². The zero-order valence-corrected chi connectivity index (χ0v) is 18.1. The molecule has 4 rings (SSSR count). The predicted molar refractivity (Wildman–Crippen MR) is 118 cm³/mol. The molecule has 3 heterocycles. The number of halogens is 1. The summed E-state index contributed by atoms with van der Waals surface area (Å²) in [6.07, 6.45) is 6.31. The van der Waals surface area contributed by atoms with Gasteiger partial charge in [-0.15, -0.1) is 0 Å². The van der Waals surface area contributed by atoms with Crippen LogP contribution in [-0.2, 0) is 15.5 Å². The molecule has 1 aliphatic heterocycles. The fraction of sp³-hybridized carbons (Fsp3) is 0.143. The summed E-state index contributed by atoms with van der Waals surface area (Å²) in [6.45, 7) is -0.390. The van der Waals surface area contributed by atoms with E-state index in [0.717, 1.165) is 5.56 Å². The summed E-state index contributed by atoms with van der Waals surface area (Å²) in [5, 5.41) is 7.00. The highest BCUT2D eigenvalue weighted by Crippen LogP contribution is 2.36. The van der Waals surface area contributed by atoms with Gasteiger partial charge in [-0.25, -0.2) is 13.9 Å². The fourth-order valence-electron chi connectivity index (χ4n) is 3.16. The van der Waals surface area contributed by atoms with E-state index in [0.29, 0.717) is 35.0 Å². The Morgan fingerprint density at radius 2 is 2.09 bits per heavy atom. The van der Waals surface area contributed by atoms with Crippen LogP contribution in [-0.4, -0.2) is 37.7 Å². The molecule has 33 heavy (non-hydrogen) atoms. The van der Waals surface area contributed by atoms with Crippen LogP contribution in [0.2, 0.25) is 0 Å². The lowest BCUT2D eigenvalue weighted by Gasteiger charge is -2.30. The van der Waals surface area contributed by atoms with Gasteiger partial charge in [0.05, 0.1) is 11.4 Å². The van der Waals surface area contributed by atoms with Crippen molar-refractivity contribution >= 4 is 24.9 Å². The fourth-order valence-corrected chi connectivity index (χ4v) is 3.45. The summed E-state index contributed by atoms with van der Waals surface area (Å²) in [7, 11) is -4.63. The molecule has 12 heteroatoms. The Balaban J connectivity index is 1.39. The molecule has 5 N–H and O–H groups in total. The van der Waals surface area contributed by atoms with Crippen LogP contribution < -0.4 is 11.1 Å². The average molecular weight is 473 g/mol. The number of rotatable bonds is 8. The molecule has 172 valence electrons. The van der Waals surface area contributed by atoms with Gasteiger partial charge in [0.25, 0.3) is 0 Å². The van der Waals surface area contributed by atoms with Crippen molar-refractivity contribution in [3.05, 3.63) is 89.8 Å². The average Bonchev–Trinajstić information content (AvgIpc) is 3.23. The zero-order valence-electron chi connectivity index (χ0n) is 17.2. The molecule has 0 saturated heterocycles. The van der Waals surface area contributed by atoms with Crippen LogP contribution in [0, 0.1) is 5.82 Å². The summed E-state index contributed by atoms with van der Waals surface area (Å²) in [5.74, 6) is 0.566. The van der Waals surface area contributed by atoms with Gasteiger partial charge in [0, 0.05) is 30.5 Å². The predicted octanol–water partition coefficient (Wildman–Crippen LogP) is 3.11. The van der Waals surface area contributed by atoms with Gasteiger partial charge in [-0.05, 0) is 29.8 Å². The molecule has 2 aromatic heterocycles. The molecule has 1 aromatic carbocycles. The third-order valence-corrected chi connectivity index (χ3v) is 5.25. The van der Waals surface area contributed by atoms with Crippen LogP contribution in [0.4, 0.5) is 15.9 Å². The number of phosphoric ester groups is 1. The minimum atomic E-state index is -4.63. The summed E-state index contributed by atoms with van der Waals surface area (Å²) < 4.78 is 34.7. The summed E-state index contributed by atoms with van der Waals surface area (Å²) in [5.41, 5.74) is 8.60. The second kappa shape index (κ2) is 9.65. The molecular weight excluding hydrogens is 452 g/mol. The molecule has 0 fully saturated rings. The lowest BCUT2D eigenvalue weighted by atomic mass is 10.1. The highest BCUT2D eigenvalue weighted by molar-refractivity contribution is 7.46. The monoisotopic (exact) mass is 473 g/mol. The van der Waals surface area contributed by atoms with E-state index in [1.807, 2.05) is 6.07 Å². The van der Waals surface area contributed by atoms with E-state index >= 15 is 0 Å². The molecule has 0 saturated carbocycles. The van der Waals surface area contributed by atoms with Crippen LogP contribution in [0.15, 0.2) is 71.5 Å². The number of hydrogen-bond donors (Lipinski definition) is 4. The normalized spacial score (nSPS) is 16.1. The van der Waals surface area contributed by atoms with Crippen molar-refractivity contribution < 1.29 is 27.8 Å². The van der Waals surface area contributed by atoms with Crippen molar-refractivity contribution in [2.24, 2.45) is 5.73 Å². The number of para-hydroxylation sites is 1. The third kappa shape index (κ3) is 5.92. The number of benzene rings is 1. The topological polar surface area (TPSA) is 147 Å². The number of hydrogen-bond acceptors (Lipinski definition) is 8. The largest absolute Gasteiger partial charge is 0.471 e. The van der Waals surface area contributed by atoms with Gasteiger partial charge in [-0.2, -0.15) is 0 Å². The molecule has 1 unspecified atom stereocenters. The number of allylic oxidation sites excluding steroid dienone is 2. The van der Waals surface area contributed by atoms with Crippen LogP contribution in [0.3, 0.4) is 0 Å². The van der Waals surface area contributed by atoms with E-state index < -0.39 is 14.0 Å². The number of aromatic nitrogens is 2. The molecule has 1 atom stereocenters. The number of nitrogens with one attached hydrogen (secondary N) is 1. The number of nitrogens with two attached hydrogens (primary N) is 1. The minimum Gasteiger partial charge on any atom is -0.356 e. The highest BCUT2D eigenvalue weighted by Gasteiger charge is 2.25. The van der Waals surface area contributed by atoms with Crippen LogP contribution in [0.1, 0.15) is 17.0 Å². The van der Waals surface area contributed by atoms with E-state index in [2.05, 4.69) is 20.0 Å². The third-order valence-electron chi connectivity index (χ3n) is 4.79. The maximum atomic E-state index is 13.8. The summed E-state index contributed by atoms with van der Waals surface area (Å²) in [6, 6.07) is 11.7. The summed E-state index contributed by atoms with van der Waals surface area (Å²) in [4.78, 5) is 23.5. The van der Waals surface area contributed by atoms with E-state index in [9.17, 15) is 8.96 Å². The quantitative estimate of drug-likeness (QED) is 0.360. The smallest absolute Gasteiger partial charge is 0.356 e. The molecule has 0 spiro atoms. The SMILES string of the molecule is NC1C(c2cc(Cc3ccc(Nc4ccccc4F)nc3)no2)=CC=CN1COP(=O)(O)O. The minimum absolute atomic E-state index is 0.338. The van der Waals surface area contributed by atoms with Crippen molar-refractivity contribution in [3.8, 4) is 0 Å². The van der Waals surface area contributed by atoms with Crippen molar-refractivity contribution in [3.63, 3.8) is 0 Å². The van der Waals surface area contributed by atoms with Crippen LogP contribution >= 0.6 is 7.82 Å². The second-order valence-electron chi connectivity index (χ2n) is 7.19. The molecule has 1 aliphatic rings. The Morgan fingerprint density at radius 1 is 1.27 bits per heavy atom. The molecule has 0 amide bonds. The van der Waals surface area contributed by atoms with Gasteiger partial charge in [0.1, 0.15) is 24.5 Å². The molecule has 0 aliphatic carbocycles. The van der Waals surface area contributed by atoms with E-state index in [-0.39, 0.29) is 12.5 Å². The Hall–Kier alpha value is -3.34.